The number of aryl methyl sites for hydroxylation is 1. The van der Waals surface area contributed by atoms with Gasteiger partial charge < -0.3 is 10.6 Å². The molecular formula is C21H24ClN5O. The molecule has 0 radical (unpaired) electrons. The minimum Gasteiger partial charge on any atom is -0.342 e. The first kappa shape index (κ1) is 18.9. The lowest BCUT2D eigenvalue weighted by Gasteiger charge is -2.16. The van der Waals surface area contributed by atoms with Gasteiger partial charge in [-0.3, -0.25) is 4.79 Å². The molecule has 1 atom stereocenters. The van der Waals surface area contributed by atoms with Crippen LogP contribution in [0.1, 0.15) is 30.0 Å². The van der Waals surface area contributed by atoms with Crippen molar-refractivity contribution in [3.8, 4) is 0 Å². The Morgan fingerprint density at radius 1 is 1.29 bits per heavy atom. The minimum atomic E-state index is 0.186. The lowest BCUT2D eigenvalue weighted by Crippen LogP contribution is -2.28. The molecule has 0 unspecified atom stereocenters. The van der Waals surface area contributed by atoms with Gasteiger partial charge in [-0.1, -0.05) is 23.7 Å². The summed E-state index contributed by atoms with van der Waals surface area (Å²) >= 11 is 6.03. The first-order valence-electron chi connectivity index (χ1n) is 9.69. The van der Waals surface area contributed by atoms with E-state index in [0.717, 1.165) is 35.3 Å². The van der Waals surface area contributed by atoms with Gasteiger partial charge in [0, 0.05) is 48.6 Å². The Balaban J connectivity index is 1.44. The van der Waals surface area contributed by atoms with Crippen molar-refractivity contribution in [3.63, 3.8) is 0 Å². The van der Waals surface area contributed by atoms with E-state index in [2.05, 4.69) is 11.1 Å². The van der Waals surface area contributed by atoms with Gasteiger partial charge >= 0.3 is 0 Å². The molecule has 0 spiro atoms. The third-order valence-corrected chi connectivity index (χ3v) is 5.56. The molecule has 0 aliphatic carbocycles. The summed E-state index contributed by atoms with van der Waals surface area (Å²) in [5, 5.41) is 6.55. The molecule has 3 aromatic rings. The van der Waals surface area contributed by atoms with Gasteiger partial charge in [-0.2, -0.15) is 5.10 Å². The van der Waals surface area contributed by atoms with Crippen LogP contribution in [-0.4, -0.2) is 45.2 Å². The molecule has 28 heavy (non-hydrogen) atoms. The average Bonchev–Trinajstić information content (AvgIpc) is 3.32. The Morgan fingerprint density at radius 2 is 2.18 bits per heavy atom. The van der Waals surface area contributed by atoms with Gasteiger partial charge in [-0.05, 0) is 42.7 Å². The molecule has 7 heteroatoms. The normalized spacial score (nSPS) is 16.8. The lowest BCUT2D eigenvalue weighted by molar-refractivity contribution is -0.130. The number of nitrogens with zero attached hydrogens (tertiary/aromatic N) is 4. The summed E-state index contributed by atoms with van der Waals surface area (Å²) in [6.07, 6.45) is 3.91. The van der Waals surface area contributed by atoms with Crippen LogP contribution in [0.15, 0.2) is 42.6 Å². The zero-order chi connectivity index (χ0) is 19.5. The van der Waals surface area contributed by atoms with Crippen molar-refractivity contribution in [2.24, 2.45) is 5.73 Å². The molecular weight excluding hydrogens is 374 g/mol. The SMILES string of the molecule is NCCn1nc([C@@H]2CCN(C(=O)CCc3cccc(Cl)c3)C2)c2cccnc21. The number of halogens is 1. The number of pyridine rings is 1. The van der Waals surface area contributed by atoms with Crippen LogP contribution in [0.5, 0.6) is 0 Å². The number of aromatic nitrogens is 3. The van der Waals surface area contributed by atoms with Gasteiger partial charge in [0.1, 0.15) is 0 Å². The van der Waals surface area contributed by atoms with Gasteiger partial charge in [-0.25, -0.2) is 9.67 Å². The second-order valence-corrected chi connectivity index (χ2v) is 7.66. The number of benzene rings is 1. The van der Waals surface area contributed by atoms with Crippen LogP contribution in [0.4, 0.5) is 0 Å². The van der Waals surface area contributed by atoms with Crippen LogP contribution in [0.2, 0.25) is 5.02 Å². The van der Waals surface area contributed by atoms with Crippen LogP contribution in [0.25, 0.3) is 11.0 Å². The lowest BCUT2D eigenvalue weighted by atomic mass is 10.0. The van der Waals surface area contributed by atoms with E-state index in [1.54, 1.807) is 6.20 Å². The summed E-state index contributed by atoms with van der Waals surface area (Å²) in [6.45, 7) is 2.64. The third-order valence-electron chi connectivity index (χ3n) is 5.32. The highest BCUT2D eigenvalue weighted by molar-refractivity contribution is 6.30. The van der Waals surface area contributed by atoms with Crippen molar-refractivity contribution in [2.75, 3.05) is 19.6 Å². The smallest absolute Gasteiger partial charge is 0.222 e. The molecule has 1 amide bonds. The van der Waals surface area contributed by atoms with E-state index in [0.29, 0.717) is 37.5 Å². The highest BCUT2D eigenvalue weighted by Gasteiger charge is 2.30. The number of carbonyl (C=O) groups excluding carboxylic acids is 1. The fourth-order valence-corrected chi connectivity index (χ4v) is 4.14. The first-order valence-corrected chi connectivity index (χ1v) is 10.1. The fraction of sp³-hybridized carbons (Fsp3) is 0.381. The van der Waals surface area contributed by atoms with Gasteiger partial charge in [0.25, 0.3) is 0 Å². The Labute approximate surface area is 169 Å². The van der Waals surface area contributed by atoms with Crippen LogP contribution in [-0.2, 0) is 17.8 Å². The summed E-state index contributed by atoms with van der Waals surface area (Å²) in [5.74, 6) is 0.423. The Bertz CT molecular complexity index is 986. The Morgan fingerprint density at radius 3 is 3.00 bits per heavy atom. The number of carbonyl (C=O) groups is 1. The van der Waals surface area contributed by atoms with Gasteiger partial charge in [0.05, 0.1) is 12.2 Å². The molecule has 2 aromatic heterocycles. The molecule has 4 rings (SSSR count). The summed E-state index contributed by atoms with van der Waals surface area (Å²) in [5.41, 5.74) is 8.71. The number of hydrogen-bond donors (Lipinski definition) is 1. The largest absolute Gasteiger partial charge is 0.342 e. The number of nitrogens with two attached hydrogens (primary N) is 1. The molecule has 0 saturated carbocycles. The van der Waals surface area contributed by atoms with Crippen LogP contribution < -0.4 is 5.73 Å². The van der Waals surface area contributed by atoms with E-state index in [1.807, 2.05) is 39.9 Å². The minimum absolute atomic E-state index is 0.186. The predicted molar refractivity (Wildman–Crippen MR) is 110 cm³/mol. The van der Waals surface area contributed by atoms with Crippen LogP contribution in [0.3, 0.4) is 0 Å². The second kappa shape index (κ2) is 8.29. The quantitative estimate of drug-likeness (QED) is 0.693. The highest BCUT2D eigenvalue weighted by atomic mass is 35.5. The molecule has 2 N–H and O–H groups in total. The topological polar surface area (TPSA) is 77.0 Å². The molecule has 6 nitrogen and oxygen atoms in total. The highest BCUT2D eigenvalue weighted by Crippen LogP contribution is 2.31. The maximum atomic E-state index is 12.7. The Hall–Kier alpha value is -2.44. The predicted octanol–water partition coefficient (Wildman–Crippen LogP) is 2.99. The van der Waals surface area contributed by atoms with E-state index in [4.69, 9.17) is 22.4 Å². The van der Waals surface area contributed by atoms with Crippen molar-refractivity contribution < 1.29 is 4.79 Å². The van der Waals surface area contributed by atoms with E-state index in [9.17, 15) is 4.79 Å². The van der Waals surface area contributed by atoms with E-state index in [-0.39, 0.29) is 11.8 Å². The molecule has 0 bridgehead atoms. The van der Waals surface area contributed by atoms with Crippen molar-refractivity contribution in [3.05, 3.63) is 58.9 Å². The molecule has 146 valence electrons. The van der Waals surface area contributed by atoms with Crippen molar-refractivity contribution in [2.45, 2.75) is 31.7 Å². The fourth-order valence-electron chi connectivity index (χ4n) is 3.93. The maximum Gasteiger partial charge on any atom is 0.222 e. The van der Waals surface area contributed by atoms with Crippen molar-refractivity contribution >= 4 is 28.5 Å². The number of rotatable bonds is 6. The summed E-state index contributed by atoms with van der Waals surface area (Å²) in [6, 6.07) is 11.7. The molecule has 1 aromatic carbocycles. The standard InChI is InChI=1S/C21H24ClN5O/c22-17-4-1-3-15(13-17)6-7-19(28)26-11-8-16(14-26)20-18-5-2-10-24-21(18)27(25-20)12-9-23/h1-5,10,13,16H,6-9,11-12,14,23H2/t16-/m1/s1. The Kier molecular flexibility index (Phi) is 5.59. The molecule has 3 heterocycles. The first-order chi connectivity index (χ1) is 13.7. The van der Waals surface area contributed by atoms with Crippen molar-refractivity contribution in [1.82, 2.24) is 19.7 Å². The molecule has 1 saturated heterocycles. The number of amides is 1. The van der Waals surface area contributed by atoms with E-state index in [1.165, 1.54) is 0 Å². The molecule has 1 aliphatic rings. The second-order valence-electron chi connectivity index (χ2n) is 7.23. The maximum absolute atomic E-state index is 12.7. The molecule has 1 aliphatic heterocycles. The zero-order valence-electron chi connectivity index (χ0n) is 15.7. The summed E-state index contributed by atoms with van der Waals surface area (Å²) in [4.78, 5) is 19.1. The van der Waals surface area contributed by atoms with Crippen LogP contribution in [0, 0.1) is 0 Å². The van der Waals surface area contributed by atoms with E-state index >= 15 is 0 Å². The monoisotopic (exact) mass is 397 g/mol. The van der Waals surface area contributed by atoms with Gasteiger partial charge in [0.15, 0.2) is 5.65 Å². The zero-order valence-corrected chi connectivity index (χ0v) is 16.5. The number of likely N-dealkylation sites (tertiary alicyclic amines) is 1. The summed E-state index contributed by atoms with van der Waals surface area (Å²) < 4.78 is 1.88. The number of hydrogen-bond acceptors (Lipinski definition) is 4. The average molecular weight is 398 g/mol. The van der Waals surface area contributed by atoms with Crippen LogP contribution >= 0.6 is 11.6 Å². The van der Waals surface area contributed by atoms with Gasteiger partial charge in [0.2, 0.25) is 5.91 Å². The number of fused-ring (bicyclic) bond motifs is 1. The third kappa shape index (κ3) is 3.88. The summed E-state index contributed by atoms with van der Waals surface area (Å²) in [7, 11) is 0. The van der Waals surface area contributed by atoms with Gasteiger partial charge in [-0.15, -0.1) is 0 Å². The van der Waals surface area contributed by atoms with E-state index < -0.39 is 0 Å². The van der Waals surface area contributed by atoms with Crippen molar-refractivity contribution in [1.29, 1.82) is 0 Å². The molecule has 1 fully saturated rings.